The summed E-state index contributed by atoms with van der Waals surface area (Å²) in [5.74, 6) is 1.05. The molecule has 0 spiro atoms. The van der Waals surface area contributed by atoms with Crippen LogP contribution in [0.4, 0.5) is 0 Å². The Balaban J connectivity index is 1.87. The number of hydrogen-bond acceptors (Lipinski definition) is 4. The van der Waals surface area contributed by atoms with Gasteiger partial charge in [0, 0.05) is 12.5 Å². The van der Waals surface area contributed by atoms with Crippen LogP contribution in [0.25, 0.3) is 0 Å². The van der Waals surface area contributed by atoms with Crippen molar-refractivity contribution in [2.75, 3.05) is 0 Å². The molecule has 0 aliphatic heterocycles. The van der Waals surface area contributed by atoms with Gasteiger partial charge in [-0.1, -0.05) is 42.1 Å². The van der Waals surface area contributed by atoms with Crippen molar-refractivity contribution in [1.29, 1.82) is 0 Å². The zero-order chi connectivity index (χ0) is 15.6. The van der Waals surface area contributed by atoms with Gasteiger partial charge >= 0.3 is 0 Å². The van der Waals surface area contributed by atoms with Gasteiger partial charge in [0.05, 0.1) is 0 Å². The number of nitrogens with one attached hydrogen (secondary N) is 1. The van der Waals surface area contributed by atoms with Gasteiger partial charge in [0.1, 0.15) is 5.54 Å². The summed E-state index contributed by atoms with van der Waals surface area (Å²) in [4.78, 5) is 17.0. The first-order chi connectivity index (χ1) is 10.6. The van der Waals surface area contributed by atoms with Crippen molar-refractivity contribution in [3.8, 4) is 0 Å². The third-order valence-electron chi connectivity index (χ3n) is 4.33. The molecule has 5 heteroatoms. The monoisotopic (exact) mass is 299 g/mol. The summed E-state index contributed by atoms with van der Waals surface area (Å²) in [6.45, 7) is 3.78. The lowest BCUT2D eigenvalue weighted by Gasteiger charge is -2.35. The number of hydrogen-bond donors (Lipinski definition) is 1. The second-order valence-electron chi connectivity index (χ2n) is 6.10. The van der Waals surface area contributed by atoms with Crippen molar-refractivity contribution in [1.82, 2.24) is 15.5 Å². The second kappa shape index (κ2) is 5.91. The Hall–Kier alpha value is -2.17. The van der Waals surface area contributed by atoms with Crippen LogP contribution in [0.2, 0.25) is 0 Å². The number of amides is 1. The lowest BCUT2D eigenvalue weighted by atomic mass is 9.80. The van der Waals surface area contributed by atoms with E-state index < -0.39 is 5.54 Å². The minimum atomic E-state index is -0.502. The fraction of sp³-hybridized carbons (Fsp3) is 0.471. The Morgan fingerprint density at radius 1 is 1.14 bits per heavy atom. The first-order valence-corrected chi connectivity index (χ1v) is 7.79. The molecule has 1 amide bonds. The van der Waals surface area contributed by atoms with Gasteiger partial charge in [-0.25, -0.2) is 0 Å². The molecule has 22 heavy (non-hydrogen) atoms. The van der Waals surface area contributed by atoms with Crippen molar-refractivity contribution >= 4 is 5.91 Å². The van der Waals surface area contributed by atoms with Crippen LogP contribution in [0.5, 0.6) is 0 Å². The van der Waals surface area contributed by atoms with Crippen LogP contribution in [0.15, 0.2) is 28.8 Å². The molecule has 1 heterocycles. The van der Waals surface area contributed by atoms with Gasteiger partial charge in [-0.15, -0.1) is 0 Å². The molecule has 1 aromatic heterocycles. The van der Waals surface area contributed by atoms with E-state index in [-0.39, 0.29) is 5.91 Å². The lowest BCUT2D eigenvalue weighted by molar-refractivity contribution is 0.0855. The van der Waals surface area contributed by atoms with E-state index in [1.165, 1.54) is 6.42 Å². The highest BCUT2D eigenvalue weighted by Gasteiger charge is 2.39. The van der Waals surface area contributed by atoms with Crippen LogP contribution < -0.4 is 5.32 Å². The van der Waals surface area contributed by atoms with Crippen LogP contribution in [-0.2, 0) is 5.54 Å². The minimum Gasteiger partial charge on any atom is -0.340 e. The third kappa shape index (κ3) is 2.89. The van der Waals surface area contributed by atoms with Crippen LogP contribution in [-0.4, -0.2) is 16.0 Å². The van der Waals surface area contributed by atoms with Gasteiger partial charge in [0.25, 0.3) is 5.91 Å². The Labute approximate surface area is 130 Å². The normalized spacial score (nSPS) is 17.2. The molecule has 1 aliphatic carbocycles. The summed E-state index contributed by atoms with van der Waals surface area (Å²) in [7, 11) is 0. The highest BCUT2D eigenvalue weighted by molar-refractivity contribution is 5.94. The first kappa shape index (κ1) is 14.8. The quantitative estimate of drug-likeness (QED) is 0.944. The smallest absolute Gasteiger partial charge is 0.252 e. The van der Waals surface area contributed by atoms with Gasteiger partial charge in [-0.2, -0.15) is 4.98 Å². The van der Waals surface area contributed by atoms with E-state index in [0.29, 0.717) is 17.3 Å². The number of carbonyl (C=O) groups excluding carboxylic acids is 1. The maximum atomic E-state index is 12.6. The lowest BCUT2D eigenvalue weighted by Crippen LogP contribution is -2.48. The van der Waals surface area contributed by atoms with Crippen molar-refractivity contribution < 1.29 is 9.32 Å². The average molecular weight is 299 g/mol. The molecule has 1 aromatic carbocycles. The van der Waals surface area contributed by atoms with Gasteiger partial charge in [-0.05, 0) is 31.9 Å². The van der Waals surface area contributed by atoms with Gasteiger partial charge in [0.2, 0.25) is 5.89 Å². The molecule has 2 aromatic rings. The molecule has 1 fully saturated rings. The molecule has 0 atom stereocenters. The number of carbonyl (C=O) groups is 1. The molecule has 1 saturated carbocycles. The number of rotatable bonds is 3. The maximum Gasteiger partial charge on any atom is 0.252 e. The Morgan fingerprint density at radius 3 is 2.41 bits per heavy atom. The molecule has 1 aliphatic rings. The fourth-order valence-electron chi connectivity index (χ4n) is 3.05. The first-order valence-electron chi connectivity index (χ1n) is 7.79. The largest absolute Gasteiger partial charge is 0.340 e. The Bertz CT molecular complexity index is 655. The predicted molar refractivity (Wildman–Crippen MR) is 82.4 cm³/mol. The highest BCUT2D eigenvalue weighted by atomic mass is 16.5. The summed E-state index contributed by atoms with van der Waals surface area (Å²) in [5.41, 5.74) is 1.30. The van der Waals surface area contributed by atoms with Crippen LogP contribution in [0.3, 0.4) is 0 Å². The Kier molecular flexibility index (Phi) is 3.96. The van der Waals surface area contributed by atoms with Crippen LogP contribution in [0, 0.1) is 13.8 Å². The number of nitrogens with zero attached hydrogens (tertiary/aromatic N) is 2. The topological polar surface area (TPSA) is 68.0 Å². The molecule has 0 unspecified atom stereocenters. The van der Waals surface area contributed by atoms with Gasteiger partial charge in [0.15, 0.2) is 5.82 Å². The standard InChI is InChI=1S/C17H21N3O2/c1-12-6-8-14(9-7-12)15(21)19-17(10-4-3-5-11-17)16-18-13(2)22-20-16/h6-9H,3-5,10-11H2,1-2H3,(H,19,21). The summed E-state index contributed by atoms with van der Waals surface area (Å²) < 4.78 is 5.13. The van der Waals surface area contributed by atoms with Crippen LogP contribution in [0.1, 0.15) is 59.7 Å². The molecule has 116 valence electrons. The van der Waals surface area contributed by atoms with E-state index in [1.807, 2.05) is 31.2 Å². The SMILES string of the molecule is Cc1ccc(C(=O)NC2(c3noc(C)n3)CCCCC2)cc1. The molecule has 5 nitrogen and oxygen atoms in total. The van der Waals surface area contributed by atoms with Crippen LogP contribution >= 0.6 is 0 Å². The number of aryl methyl sites for hydroxylation is 2. The van der Waals surface area contributed by atoms with E-state index in [0.717, 1.165) is 31.2 Å². The molecular weight excluding hydrogens is 278 g/mol. The molecule has 0 radical (unpaired) electrons. The van der Waals surface area contributed by atoms with Crippen molar-refractivity contribution in [3.05, 3.63) is 47.1 Å². The molecule has 0 bridgehead atoms. The molecular formula is C17H21N3O2. The van der Waals surface area contributed by atoms with E-state index >= 15 is 0 Å². The van der Waals surface area contributed by atoms with Crippen molar-refractivity contribution in [2.24, 2.45) is 0 Å². The zero-order valence-electron chi connectivity index (χ0n) is 13.1. The van der Waals surface area contributed by atoms with Gasteiger partial charge < -0.3 is 9.84 Å². The Morgan fingerprint density at radius 2 is 1.82 bits per heavy atom. The van der Waals surface area contributed by atoms with E-state index in [9.17, 15) is 4.79 Å². The maximum absolute atomic E-state index is 12.6. The number of benzene rings is 1. The zero-order valence-corrected chi connectivity index (χ0v) is 13.1. The molecule has 0 saturated heterocycles. The second-order valence-corrected chi connectivity index (χ2v) is 6.10. The summed E-state index contributed by atoms with van der Waals surface area (Å²) in [6, 6.07) is 7.59. The van der Waals surface area contributed by atoms with Gasteiger partial charge in [-0.3, -0.25) is 4.79 Å². The summed E-state index contributed by atoms with van der Waals surface area (Å²) >= 11 is 0. The molecule has 1 N–H and O–H groups in total. The highest BCUT2D eigenvalue weighted by Crippen LogP contribution is 2.35. The van der Waals surface area contributed by atoms with E-state index in [2.05, 4.69) is 15.5 Å². The average Bonchev–Trinajstić information content (AvgIpc) is 2.96. The fourth-order valence-corrected chi connectivity index (χ4v) is 3.05. The van der Waals surface area contributed by atoms with E-state index in [4.69, 9.17) is 4.52 Å². The summed E-state index contributed by atoms with van der Waals surface area (Å²) in [6.07, 6.45) is 5.00. The van der Waals surface area contributed by atoms with Crippen molar-refractivity contribution in [2.45, 2.75) is 51.5 Å². The van der Waals surface area contributed by atoms with E-state index in [1.54, 1.807) is 6.92 Å². The molecule has 3 rings (SSSR count). The van der Waals surface area contributed by atoms with Crippen molar-refractivity contribution in [3.63, 3.8) is 0 Å². The number of aromatic nitrogens is 2. The summed E-state index contributed by atoms with van der Waals surface area (Å²) in [5, 5.41) is 7.25. The minimum absolute atomic E-state index is 0.0793. The third-order valence-corrected chi connectivity index (χ3v) is 4.33. The predicted octanol–water partition coefficient (Wildman–Crippen LogP) is 3.28.